The number of carbonyl (C=O) groups is 1. The number of hydrogen-bond acceptors (Lipinski definition) is 4. The van der Waals surface area contributed by atoms with Crippen LogP contribution < -0.4 is 10.9 Å². The summed E-state index contributed by atoms with van der Waals surface area (Å²) in [5, 5.41) is 3.85. The standard InChI is InChI=1S/C22H31N3O2S/c1-22(2,3)14-9-10-16-17(11-14)28-20-19(16)21(27)25(13-23-20)12-18(26)24-15-7-5-4-6-8-15/h13-15H,4-12H2,1-3H3,(H,24,26). The lowest BCUT2D eigenvalue weighted by atomic mass is 9.72. The first-order valence-corrected chi connectivity index (χ1v) is 11.4. The predicted octanol–water partition coefficient (Wildman–Crippen LogP) is 4.06. The van der Waals surface area contributed by atoms with Crippen molar-refractivity contribution in [2.45, 2.75) is 84.7 Å². The molecule has 6 heteroatoms. The largest absolute Gasteiger partial charge is 0.352 e. The van der Waals surface area contributed by atoms with Crippen LogP contribution in [-0.2, 0) is 24.2 Å². The number of hydrogen-bond donors (Lipinski definition) is 1. The average molecular weight is 402 g/mol. The van der Waals surface area contributed by atoms with E-state index in [0.29, 0.717) is 5.92 Å². The van der Waals surface area contributed by atoms with Gasteiger partial charge < -0.3 is 5.32 Å². The quantitative estimate of drug-likeness (QED) is 0.844. The zero-order valence-electron chi connectivity index (χ0n) is 17.2. The zero-order valence-corrected chi connectivity index (χ0v) is 18.0. The molecule has 1 atom stereocenters. The number of thiophene rings is 1. The summed E-state index contributed by atoms with van der Waals surface area (Å²) in [6.07, 6.45) is 10.3. The maximum atomic E-state index is 13.1. The van der Waals surface area contributed by atoms with E-state index in [9.17, 15) is 9.59 Å². The summed E-state index contributed by atoms with van der Waals surface area (Å²) in [6, 6.07) is 0.261. The number of nitrogens with zero attached hydrogens (tertiary/aromatic N) is 2. The lowest BCUT2D eigenvalue weighted by molar-refractivity contribution is -0.122. The number of fused-ring (bicyclic) bond motifs is 3. The van der Waals surface area contributed by atoms with E-state index in [4.69, 9.17) is 0 Å². The van der Waals surface area contributed by atoms with Crippen molar-refractivity contribution in [3.63, 3.8) is 0 Å². The number of carbonyl (C=O) groups excluding carboxylic acids is 1. The van der Waals surface area contributed by atoms with Crippen molar-refractivity contribution in [2.24, 2.45) is 11.3 Å². The first-order valence-electron chi connectivity index (χ1n) is 10.6. The van der Waals surface area contributed by atoms with Crippen LogP contribution in [0.25, 0.3) is 10.2 Å². The van der Waals surface area contributed by atoms with E-state index >= 15 is 0 Å². The van der Waals surface area contributed by atoms with Gasteiger partial charge in [-0.3, -0.25) is 14.2 Å². The molecular weight excluding hydrogens is 370 g/mol. The maximum absolute atomic E-state index is 13.1. The molecular formula is C22H31N3O2S. The van der Waals surface area contributed by atoms with E-state index in [0.717, 1.165) is 42.3 Å². The Kier molecular flexibility index (Phi) is 5.34. The first-order chi connectivity index (χ1) is 13.3. The van der Waals surface area contributed by atoms with Gasteiger partial charge in [-0.2, -0.15) is 0 Å². The lowest BCUT2D eigenvalue weighted by Crippen LogP contribution is -2.39. The van der Waals surface area contributed by atoms with Crippen molar-refractivity contribution in [3.8, 4) is 0 Å². The van der Waals surface area contributed by atoms with Gasteiger partial charge in [-0.25, -0.2) is 4.98 Å². The summed E-state index contributed by atoms with van der Waals surface area (Å²) in [6.45, 7) is 6.96. The molecule has 28 heavy (non-hydrogen) atoms. The topological polar surface area (TPSA) is 64.0 Å². The summed E-state index contributed by atoms with van der Waals surface area (Å²) < 4.78 is 1.49. The summed E-state index contributed by atoms with van der Waals surface area (Å²) in [5.74, 6) is 0.559. The van der Waals surface area contributed by atoms with Gasteiger partial charge in [0.15, 0.2) is 0 Å². The highest BCUT2D eigenvalue weighted by atomic mass is 32.1. The molecule has 0 saturated heterocycles. The zero-order chi connectivity index (χ0) is 19.9. The number of aryl methyl sites for hydroxylation is 1. The van der Waals surface area contributed by atoms with Gasteiger partial charge in [0, 0.05) is 10.9 Å². The average Bonchev–Trinajstić information content (AvgIpc) is 3.02. The molecule has 1 unspecified atom stereocenters. The fourth-order valence-corrected chi connectivity index (χ4v) is 5.99. The smallest absolute Gasteiger partial charge is 0.262 e. The second-order valence-electron chi connectivity index (χ2n) is 9.57. The summed E-state index contributed by atoms with van der Waals surface area (Å²) in [7, 11) is 0. The maximum Gasteiger partial charge on any atom is 0.262 e. The van der Waals surface area contributed by atoms with Crippen LogP contribution in [0.2, 0.25) is 0 Å². The fourth-order valence-electron chi connectivity index (χ4n) is 4.73. The Labute approximate surface area is 170 Å². The first kappa shape index (κ1) is 19.6. The summed E-state index contributed by atoms with van der Waals surface area (Å²) >= 11 is 1.66. The lowest BCUT2D eigenvalue weighted by Gasteiger charge is -2.33. The predicted molar refractivity (Wildman–Crippen MR) is 114 cm³/mol. The molecule has 5 nitrogen and oxygen atoms in total. The van der Waals surface area contributed by atoms with Crippen molar-refractivity contribution >= 4 is 27.5 Å². The number of aromatic nitrogens is 2. The third-order valence-corrected chi connectivity index (χ3v) is 7.71. The van der Waals surface area contributed by atoms with Crippen LogP contribution in [0.4, 0.5) is 0 Å². The van der Waals surface area contributed by atoms with E-state index in [2.05, 4.69) is 31.1 Å². The van der Waals surface area contributed by atoms with Crippen LogP contribution in [0, 0.1) is 11.3 Å². The Morgan fingerprint density at radius 3 is 2.71 bits per heavy atom. The Balaban J connectivity index is 1.56. The van der Waals surface area contributed by atoms with Crippen LogP contribution in [-0.4, -0.2) is 21.5 Å². The van der Waals surface area contributed by atoms with E-state index in [1.807, 2.05) is 0 Å². The SMILES string of the molecule is CC(C)(C)C1CCc2c(sc3ncn(CC(=O)NC4CCCCC4)c(=O)c23)C1. The molecule has 0 radical (unpaired) electrons. The van der Waals surface area contributed by atoms with Crippen molar-refractivity contribution in [2.75, 3.05) is 0 Å². The molecule has 2 aromatic heterocycles. The molecule has 152 valence electrons. The molecule has 0 aromatic carbocycles. The summed E-state index contributed by atoms with van der Waals surface area (Å²) in [4.78, 5) is 32.2. The highest BCUT2D eigenvalue weighted by molar-refractivity contribution is 7.18. The second kappa shape index (κ2) is 7.62. The van der Waals surface area contributed by atoms with Gasteiger partial charge in [-0.05, 0) is 49.0 Å². The van der Waals surface area contributed by atoms with Gasteiger partial charge >= 0.3 is 0 Å². The highest BCUT2D eigenvalue weighted by Crippen LogP contribution is 2.41. The van der Waals surface area contributed by atoms with Gasteiger partial charge in [-0.15, -0.1) is 11.3 Å². The monoisotopic (exact) mass is 401 g/mol. The highest BCUT2D eigenvalue weighted by Gasteiger charge is 2.31. The van der Waals surface area contributed by atoms with E-state index < -0.39 is 0 Å². The Hall–Kier alpha value is -1.69. The van der Waals surface area contributed by atoms with Gasteiger partial charge in [0.1, 0.15) is 11.4 Å². The minimum Gasteiger partial charge on any atom is -0.352 e. The third-order valence-electron chi connectivity index (χ3n) is 6.54. The summed E-state index contributed by atoms with van der Waals surface area (Å²) in [5.41, 5.74) is 1.40. The van der Waals surface area contributed by atoms with Crippen LogP contribution in [0.1, 0.15) is 69.7 Å². The second-order valence-corrected chi connectivity index (χ2v) is 10.7. The van der Waals surface area contributed by atoms with Crippen LogP contribution >= 0.6 is 11.3 Å². The van der Waals surface area contributed by atoms with Crippen LogP contribution in [0.5, 0.6) is 0 Å². The van der Waals surface area contributed by atoms with Gasteiger partial charge in [0.25, 0.3) is 5.56 Å². The van der Waals surface area contributed by atoms with E-state index in [1.165, 1.54) is 34.3 Å². The van der Waals surface area contributed by atoms with Crippen molar-refractivity contribution < 1.29 is 4.79 Å². The fraction of sp³-hybridized carbons (Fsp3) is 0.682. The number of amides is 1. The Bertz CT molecular complexity index is 932. The molecule has 0 aliphatic heterocycles. The van der Waals surface area contributed by atoms with E-state index in [-0.39, 0.29) is 29.5 Å². The van der Waals surface area contributed by atoms with Crippen molar-refractivity contribution in [1.82, 2.24) is 14.9 Å². The Morgan fingerprint density at radius 2 is 2.00 bits per heavy atom. The number of nitrogens with one attached hydrogen (secondary N) is 1. The molecule has 1 N–H and O–H groups in total. The van der Waals surface area contributed by atoms with Crippen LogP contribution in [0.15, 0.2) is 11.1 Å². The molecule has 2 aliphatic carbocycles. The molecule has 2 aromatic rings. The van der Waals surface area contributed by atoms with Gasteiger partial charge in [0.2, 0.25) is 5.91 Å². The van der Waals surface area contributed by atoms with Gasteiger partial charge in [0.05, 0.1) is 11.7 Å². The molecule has 0 bridgehead atoms. The van der Waals surface area contributed by atoms with Crippen molar-refractivity contribution in [3.05, 3.63) is 27.1 Å². The minimum absolute atomic E-state index is 0.0597. The number of rotatable bonds is 3. The molecule has 1 saturated carbocycles. The molecule has 4 rings (SSSR count). The molecule has 2 heterocycles. The van der Waals surface area contributed by atoms with Crippen LogP contribution in [0.3, 0.4) is 0 Å². The minimum atomic E-state index is -0.0768. The van der Waals surface area contributed by atoms with Gasteiger partial charge in [-0.1, -0.05) is 40.0 Å². The molecule has 0 spiro atoms. The molecule has 2 aliphatic rings. The third kappa shape index (κ3) is 3.88. The van der Waals surface area contributed by atoms with Crippen molar-refractivity contribution in [1.29, 1.82) is 0 Å². The van der Waals surface area contributed by atoms with E-state index in [1.54, 1.807) is 17.7 Å². The molecule has 1 fully saturated rings. The molecule has 1 amide bonds. The Morgan fingerprint density at radius 1 is 1.25 bits per heavy atom. The normalized spacial score (nSPS) is 20.9.